The van der Waals surface area contributed by atoms with Crippen molar-refractivity contribution in [3.8, 4) is 0 Å². The molecule has 0 amide bonds. The summed E-state index contributed by atoms with van der Waals surface area (Å²) in [6.07, 6.45) is 2.54. The van der Waals surface area contributed by atoms with Crippen LogP contribution in [0, 0.1) is 0 Å². The summed E-state index contributed by atoms with van der Waals surface area (Å²) in [5.74, 6) is 2.21. The van der Waals surface area contributed by atoms with E-state index in [4.69, 9.17) is 4.42 Å². The first kappa shape index (κ1) is 16.1. The van der Waals surface area contributed by atoms with Gasteiger partial charge < -0.3 is 15.1 Å². The van der Waals surface area contributed by atoms with Crippen LogP contribution >= 0.6 is 0 Å². The lowest BCUT2D eigenvalue weighted by Crippen LogP contribution is -2.44. The lowest BCUT2D eigenvalue weighted by molar-refractivity contribution is 0.504. The summed E-state index contributed by atoms with van der Waals surface area (Å²) in [7, 11) is 1.79. The lowest BCUT2D eigenvalue weighted by atomic mass is 9.94. The Bertz CT molecular complexity index is 563. The van der Waals surface area contributed by atoms with Gasteiger partial charge >= 0.3 is 0 Å². The second-order valence-corrected chi connectivity index (χ2v) is 5.46. The van der Waals surface area contributed by atoms with E-state index >= 15 is 0 Å². The van der Waals surface area contributed by atoms with Crippen molar-refractivity contribution in [1.82, 2.24) is 10.6 Å². The number of benzene rings is 1. The molecule has 0 aliphatic rings. The molecule has 2 rings (SSSR count). The minimum Gasteiger partial charge on any atom is -0.469 e. The monoisotopic (exact) mass is 299 g/mol. The number of guanidine groups is 1. The van der Waals surface area contributed by atoms with Gasteiger partial charge in [0.05, 0.1) is 6.26 Å². The molecule has 0 aliphatic heterocycles. The minimum absolute atomic E-state index is 0.289. The highest BCUT2D eigenvalue weighted by Gasteiger charge is 2.15. The second kappa shape index (κ2) is 8.27. The van der Waals surface area contributed by atoms with Crippen molar-refractivity contribution in [3.05, 3.63) is 60.1 Å². The van der Waals surface area contributed by atoms with Crippen LogP contribution in [0.2, 0.25) is 0 Å². The van der Waals surface area contributed by atoms with E-state index in [9.17, 15) is 0 Å². The molecule has 0 radical (unpaired) electrons. The van der Waals surface area contributed by atoms with Gasteiger partial charge in [-0.1, -0.05) is 37.3 Å². The maximum Gasteiger partial charge on any atom is 0.191 e. The predicted octanol–water partition coefficient (Wildman–Crippen LogP) is 3.18. The number of nitrogens with zero attached hydrogens (tertiary/aromatic N) is 1. The number of hydrogen-bond donors (Lipinski definition) is 2. The Balaban J connectivity index is 1.81. The zero-order chi connectivity index (χ0) is 15.8. The first-order valence-corrected chi connectivity index (χ1v) is 7.75. The SMILES string of the molecule is CN=C(NCCc1ccco1)NC(C)C(C)c1ccccc1. The van der Waals surface area contributed by atoms with Crippen molar-refractivity contribution < 1.29 is 4.42 Å². The van der Waals surface area contributed by atoms with Gasteiger partial charge in [0, 0.05) is 32.0 Å². The van der Waals surface area contributed by atoms with Crippen LogP contribution in [0.5, 0.6) is 0 Å². The van der Waals surface area contributed by atoms with Gasteiger partial charge in [-0.25, -0.2) is 0 Å². The normalized spacial score (nSPS) is 14.4. The summed E-state index contributed by atoms with van der Waals surface area (Å²) >= 11 is 0. The van der Waals surface area contributed by atoms with E-state index in [1.165, 1.54) is 5.56 Å². The molecule has 0 fully saturated rings. The maximum absolute atomic E-state index is 5.33. The zero-order valence-electron chi connectivity index (χ0n) is 13.5. The standard InChI is InChI=1S/C18H25N3O/c1-14(16-8-5-4-6-9-16)15(2)21-18(19-3)20-12-11-17-10-7-13-22-17/h4-10,13-15H,11-12H2,1-3H3,(H2,19,20,21). The van der Waals surface area contributed by atoms with Crippen molar-refractivity contribution in [3.63, 3.8) is 0 Å². The quantitative estimate of drug-likeness (QED) is 0.636. The fourth-order valence-electron chi connectivity index (χ4n) is 2.34. The Morgan fingerprint density at radius 1 is 1.14 bits per heavy atom. The molecule has 0 aliphatic carbocycles. The molecule has 2 aromatic rings. The van der Waals surface area contributed by atoms with Crippen LogP contribution in [0.15, 0.2) is 58.1 Å². The largest absolute Gasteiger partial charge is 0.469 e. The van der Waals surface area contributed by atoms with Crippen molar-refractivity contribution in [2.45, 2.75) is 32.2 Å². The molecule has 0 saturated carbocycles. The van der Waals surface area contributed by atoms with Crippen LogP contribution in [0.3, 0.4) is 0 Å². The third-order valence-corrected chi connectivity index (χ3v) is 3.91. The molecule has 22 heavy (non-hydrogen) atoms. The van der Waals surface area contributed by atoms with E-state index < -0.39 is 0 Å². The van der Waals surface area contributed by atoms with Crippen LogP contribution in [0.1, 0.15) is 31.1 Å². The summed E-state index contributed by atoms with van der Waals surface area (Å²) in [5.41, 5.74) is 1.33. The van der Waals surface area contributed by atoms with Gasteiger partial charge in [-0.2, -0.15) is 0 Å². The molecule has 1 aromatic carbocycles. The Labute approximate surface area is 132 Å². The van der Waals surface area contributed by atoms with Crippen molar-refractivity contribution in [2.75, 3.05) is 13.6 Å². The van der Waals surface area contributed by atoms with E-state index in [2.05, 4.69) is 53.7 Å². The van der Waals surface area contributed by atoms with Gasteiger partial charge in [-0.15, -0.1) is 0 Å². The highest BCUT2D eigenvalue weighted by molar-refractivity contribution is 5.80. The minimum atomic E-state index is 0.289. The van der Waals surface area contributed by atoms with Crippen LogP contribution in [-0.2, 0) is 6.42 Å². The first-order valence-electron chi connectivity index (χ1n) is 7.75. The molecule has 0 spiro atoms. The summed E-state index contributed by atoms with van der Waals surface area (Å²) in [6, 6.07) is 14.7. The van der Waals surface area contributed by atoms with Crippen molar-refractivity contribution >= 4 is 5.96 Å². The first-order chi connectivity index (χ1) is 10.7. The zero-order valence-corrected chi connectivity index (χ0v) is 13.5. The molecule has 1 heterocycles. The molecule has 0 bridgehead atoms. The topological polar surface area (TPSA) is 49.6 Å². The Morgan fingerprint density at radius 3 is 2.55 bits per heavy atom. The van der Waals surface area contributed by atoms with E-state index in [-0.39, 0.29) is 6.04 Å². The van der Waals surface area contributed by atoms with Crippen molar-refractivity contribution in [2.24, 2.45) is 4.99 Å². The molecule has 4 nitrogen and oxygen atoms in total. The molecular weight excluding hydrogens is 274 g/mol. The highest BCUT2D eigenvalue weighted by atomic mass is 16.3. The summed E-state index contributed by atoms with van der Waals surface area (Å²) < 4.78 is 5.33. The van der Waals surface area contributed by atoms with Gasteiger partial charge in [-0.05, 0) is 24.6 Å². The van der Waals surface area contributed by atoms with Gasteiger partial charge in [0.2, 0.25) is 0 Å². The van der Waals surface area contributed by atoms with Gasteiger partial charge in [0.25, 0.3) is 0 Å². The van der Waals surface area contributed by atoms with E-state index in [0.717, 1.165) is 24.7 Å². The molecule has 118 valence electrons. The average Bonchev–Trinajstić information content (AvgIpc) is 3.07. The van der Waals surface area contributed by atoms with E-state index in [1.807, 2.05) is 18.2 Å². The van der Waals surface area contributed by atoms with Crippen LogP contribution in [0.25, 0.3) is 0 Å². The molecule has 1 aromatic heterocycles. The fourth-order valence-corrected chi connectivity index (χ4v) is 2.34. The average molecular weight is 299 g/mol. The molecule has 0 saturated heterocycles. The molecule has 2 N–H and O–H groups in total. The van der Waals surface area contributed by atoms with Gasteiger partial charge in [0.15, 0.2) is 5.96 Å². The van der Waals surface area contributed by atoms with Crippen molar-refractivity contribution in [1.29, 1.82) is 0 Å². The third kappa shape index (κ3) is 4.65. The van der Waals surface area contributed by atoms with Gasteiger partial charge in [-0.3, -0.25) is 4.99 Å². The van der Waals surface area contributed by atoms with Crippen LogP contribution in [0.4, 0.5) is 0 Å². The summed E-state index contributed by atoms with van der Waals surface area (Å²) in [6.45, 7) is 5.19. The second-order valence-electron chi connectivity index (χ2n) is 5.46. The third-order valence-electron chi connectivity index (χ3n) is 3.91. The molecule has 4 heteroatoms. The molecular formula is C18H25N3O. The number of rotatable bonds is 6. The maximum atomic E-state index is 5.33. The molecule has 2 atom stereocenters. The number of furan rings is 1. The fraction of sp³-hybridized carbons (Fsp3) is 0.389. The predicted molar refractivity (Wildman–Crippen MR) is 91.2 cm³/mol. The van der Waals surface area contributed by atoms with Crippen LogP contribution < -0.4 is 10.6 Å². The smallest absolute Gasteiger partial charge is 0.191 e. The summed E-state index contributed by atoms with van der Waals surface area (Å²) in [4.78, 5) is 4.29. The summed E-state index contributed by atoms with van der Waals surface area (Å²) in [5, 5.41) is 6.78. The molecule has 2 unspecified atom stereocenters. The van der Waals surface area contributed by atoms with Crippen LogP contribution in [-0.4, -0.2) is 25.6 Å². The lowest BCUT2D eigenvalue weighted by Gasteiger charge is -2.24. The Kier molecular flexibility index (Phi) is 6.07. The number of hydrogen-bond acceptors (Lipinski definition) is 2. The van der Waals surface area contributed by atoms with E-state index in [1.54, 1.807) is 13.3 Å². The van der Waals surface area contributed by atoms with E-state index in [0.29, 0.717) is 5.92 Å². The Morgan fingerprint density at radius 2 is 1.91 bits per heavy atom. The number of aliphatic imine (C=N–C) groups is 1. The Hall–Kier alpha value is -2.23. The van der Waals surface area contributed by atoms with Gasteiger partial charge in [0.1, 0.15) is 5.76 Å². The highest BCUT2D eigenvalue weighted by Crippen LogP contribution is 2.18. The number of nitrogens with one attached hydrogen (secondary N) is 2.